The lowest BCUT2D eigenvalue weighted by molar-refractivity contribution is 0.190. The number of halogens is 2. The van der Waals surface area contributed by atoms with E-state index in [1.807, 2.05) is 13.1 Å². The zero-order valence-corrected chi connectivity index (χ0v) is 12.1. The van der Waals surface area contributed by atoms with Crippen LogP contribution < -0.4 is 5.32 Å². The van der Waals surface area contributed by atoms with Gasteiger partial charge in [-0.3, -0.25) is 0 Å². The van der Waals surface area contributed by atoms with Crippen LogP contribution in [-0.4, -0.2) is 34.5 Å². The van der Waals surface area contributed by atoms with Gasteiger partial charge in [-0.1, -0.05) is 23.2 Å². The molecule has 102 valence electrons. The summed E-state index contributed by atoms with van der Waals surface area (Å²) in [6, 6.07) is 1.82. The Labute approximate surface area is 121 Å². The first-order valence-corrected chi connectivity index (χ1v) is 6.47. The van der Waals surface area contributed by atoms with Crippen molar-refractivity contribution < 1.29 is 4.74 Å². The number of anilines is 1. The fourth-order valence-corrected chi connectivity index (χ4v) is 2.13. The summed E-state index contributed by atoms with van der Waals surface area (Å²) < 4.78 is 6.66. The summed E-state index contributed by atoms with van der Waals surface area (Å²) in [4.78, 5) is 4.16. The molecule has 2 aromatic heterocycles. The van der Waals surface area contributed by atoms with Gasteiger partial charge in [0.15, 0.2) is 5.82 Å². The summed E-state index contributed by atoms with van der Waals surface area (Å²) in [6.07, 6.45) is 5.05. The molecule has 0 fully saturated rings. The first-order valence-electron chi connectivity index (χ1n) is 5.71. The molecule has 0 spiro atoms. The molecule has 1 atom stereocenters. The molecule has 0 aliphatic rings. The highest BCUT2D eigenvalue weighted by molar-refractivity contribution is 6.35. The minimum Gasteiger partial charge on any atom is -0.383 e. The number of nitrogens with one attached hydrogen (secondary N) is 1. The average Bonchev–Trinajstić information content (AvgIpc) is 2.77. The third-order valence-electron chi connectivity index (χ3n) is 2.42. The Morgan fingerprint density at radius 1 is 1.42 bits per heavy atom. The lowest BCUT2D eigenvalue weighted by Gasteiger charge is -2.11. The van der Waals surface area contributed by atoms with E-state index >= 15 is 0 Å². The standard InChI is InChI=1S/C12H14Cl2N4O/c1-8(7-19-2)17-10-5-16-18(6-10)12-11(14)3-9(13)4-15-12/h3-6,8,17H,7H2,1-2H3/t8-/m0/s1. The van der Waals surface area contributed by atoms with E-state index in [1.165, 1.54) is 6.20 Å². The van der Waals surface area contributed by atoms with Crippen LogP contribution in [0.15, 0.2) is 24.7 Å². The summed E-state index contributed by atoms with van der Waals surface area (Å²) in [5.41, 5.74) is 0.873. The molecule has 0 aromatic carbocycles. The van der Waals surface area contributed by atoms with E-state index in [0.717, 1.165) is 5.69 Å². The Morgan fingerprint density at radius 2 is 2.21 bits per heavy atom. The molecule has 2 heterocycles. The third-order valence-corrected chi connectivity index (χ3v) is 2.90. The quantitative estimate of drug-likeness (QED) is 0.922. The summed E-state index contributed by atoms with van der Waals surface area (Å²) in [6.45, 7) is 2.64. The molecule has 1 N–H and O–H groups in total. The first kappa shape index (κ1) is 14.1. The molecule has 0 saturated heterocycles. The van der Waals surface area contributed by atoms with Gasteiger partial charge in [0.2, 0.25) is 0 Å². The Balaban J connectivity index is 2.16. The number of methoxy groups -OCH3 is 1. The fourth-order valence-electron chi connectivity index (χ4n) is 1.67. The van der Waals surface area contributed by atoms with Crippen molar-refractivity contribution in [3.8, 4) is 5.82 Å². The molecule has 0 radical (unpaired) electrons. The number of nitrogens with zero attached hydrogens (tertiary/aromatic N) is 3. The largest absolute Gasteiger partial charge is 0.383 e. The lowest BCUT2D eigenvalue weighted by Crippen LogP contribution is -2.20. The van der Waals surface area contributed by atoms with E-state index in [9.17, 15) is 0 Å². The van der Waals surface area contributed by atoms with E-state index in [1.54, 1.807) is 24.1 Å². The predicted molar refractivity (Wildman–Crippen MR) is 76.3 cm³/mol. The van der Waals surface area contributed by atoms with Crippen LogP contribution in [0.4, 0.5) is 5.69 Å². The number of hydrogen-bond donors (Lipinski definition) is 1. The Hall–Kier alpha value is -1.30. The van der Waals surface area contributed by atoms with Gasteiger partial charge < -0.3 is 10.1 Å². The maximum atomic E-state index is 6.08. The van der Waals surface area contributed by atoms with Gasteiger partial charge in [-0.15, -0.1) is 0 Å². The summed E-state index contributed by atoms with van der Waals surface area (Å²) >= 11 is 11.9. The molecular weight excluding hydrogens is 287 g/mol. The average molecular weight is 301 g/mol. The van der Waals surface area contributed by atoms with E-state index in [0.29, 0.717) is 22.5 Å². The summed E-state index contributed by atoms with van der Waals surface area (Å²) in [5, 5.41) is 8.42. The van der Waals surface area contributed by atoms with Gasteiger partial charge >= 0.3 is 0 Å². The van der Waals surface area contributed by atoms with Gasteiger partial charge in [0.25, 0.3) is 0 Å². The fraction of sp³-hybridized carbons (Fsp3) is 0.333. The molecule has 5 nitrogen and oxygen atoms in total. The monoisotopic (exact) mass is 300 g/mol. The van der Waals surface area contributed by atoms with Crippen molar-refractivity contribution in [1.82, 2.24) is 14.8 Å². The smallest absolute Gasteiger partial charge is 0.172 e. The van der Waals surface area contributed by atoms with Crippen molar-refractivity contribution in [3.05, 3.63) is 34.7 Å². The number of ether oxygens (including phenoxy) is 1. The summed E-state index contributed by atoms with van der Waals surface area (Å²) in [7, 11) is 1.67. The Kier molecular flexibility index (Phi) is 4.63. The molecule has 2 aromatic rings. The highest BCUT2D eigenvalue weighted by Gasteiger charge is 2.09. The molecule has 0 amide bonds. The second kappa shape index (κ2) is 6.23. The molecule has 0 aliphatic carbocycles. The van der Waals surface area contributed by atoms with Gasteiger partial charge in [0.05, 0.1) is 34.7 Å². The molecule has 19 heavy (non-hydrogen) atoms. The van der Waals surface area contributed by atoms with Gasteiger partial charge in [0, 0.05) is 19.3 Å². The lowest BCUT2D eigenvalue weighted by atomic mass is 10.3. The zero-order chi connectivity index (χ0) is 13.8. The van der Waals surface area contributed by atoms with Crippen LogP contribution in [0.25, 0.3) is 5.82 Å². The van der Waals surface area contributed by atoms with Crippen LogP contribution in [0.5, 0.6) is 0 Å². The van der Waals surface area contributed by atoms with E-state index in [-0.39, 0.29) is 6.04 Å². The van der Waals surface area contributed by atoms with Crippen molar-refractivity contribution in [2.24, 2.45) is 0 Å². The highest BCUT2D eigenvalue weighted by atomic mass is 35.5. The van der Waals surface area contributed by atoms with Crippen molar-refractivity contribution in [1.29, 1.82) is 0 Å². The molecule has 7 heteroatoms. The van der Waals surface area contributed by atoms with Crippen molar-refractivity contribution >= 4 is 28.9 Å². The normalized spacial score (nSPS) is 12.4. The molecular formula is C12H14Cl2N4O. The Morgan fingerprint density at radius 3 is 2.89 bits per heavy atom. The topological polar surface area (TPSA) is 52.0 Å². The van der Waals surface area contributed by atoms with E-state index < -0.39 is 0 Å². The maximum Gasteiger partial charge on any atom is 0.172 e. The minimum atomic E-state index is 0.191. The number of aromatic nitrogens is 3. The van der Waals surface area contributed by atoms with E-state index in [2.05, 4.69) is 15.4 Å². The van der Waals surface area contributed by atoms with Crippen LogP contribution >= 0.6 is 23.2 Å². The van der Waals surface area contributed by atoms with Crippen LogP contribution in [0.1, 0.15) is 6.92 Å². The molecule has 2 rings (SSSR count). The number of pyridine rings is 1. The SMILES string of the molecule is COC[C@H](C)Nc1cnn(-c2ncc(Cl)cc2Cl)c1. The Bertz CT molecular complexity index is 558. The summed E-state index contributed by atoms with van der Waals surface area (Å²) in [5.74, 6) is 0.540. The van der Waals surface area contributed by atoms with Crippen molar-refractivity contribution in [2.45, 2.75) is 13.0 Å². The maximum absolute atomic E-state index is 6.08. The third kappa shape index (κ3) is 3.59. The van der Waals surface area contributed by atoms with Crippen LogP contribution in [-0.2, 0) is 4.74 Å². The van der Waals surface area contributed by atoms with Crippen LogP contribution in [0.2, 0.25) is 10.0 Å². The molecule has 0 aliphatic heterocycles. The van der Waals surface area contributed by atoms with Gasteiger partial charge in [0.1, 0.15) is 0 Å². The second-order valence-corrected chi connectivity index (χ2v) is 4.98. The van der Waals surface area contributed by atoms with Gasteiger partial charge in [-0.05, 0) is 13.0 Å². The molecule has 0 unspecified atom stereocenters. The van der Waals surface area contributed by atoms with Gasteiger partial charge in [-0.2, -0.15) is 5.10 Å². The van der Waals surface area contributed by atoms with Gasteiger partial charge in [-0.25, -0.2) is 9.67 Å². The van der Waals surface area contributed by atoms with Crippen molar-refractivity contribution in [3.63, 3.8) is 0 Å². The van der Waals surface area contributed by atoms with Crippen LogP contribution in [0, 0.1) is 0 Å². The number of hydrogen-bond acceptors (Lipinski definition) is 4. The first-order chi connectivity index (χ1) is 9.10. The van der Waals surface area contributed by atoms with Crippen LogP contribution in [0.3, 0.4) is 0 Å². The zero-order valence-electron chi connectivity index (χ0n) is 10.6. The molecule has 0 bridgehead atoms. The molecule has 0 saturated carbocycles. The second-order valence-electron chi connectivity index (χ2n) is 4.13. The highest BCUT2D eigenvalue weighted by Crippen LogP contribution is 2.22. The minimum absolute atomic E-state index is 0.191. The van der Waals surface area contributed by atoms with Crippen molar-refractivity contribution in [2.75, 3.05) is 19.0 Å². The number of rotatable bonds is 5. The van der Waals surface area contributed by atoms with E-state index in [4.69, 9.17) is 27.9 Å². The predicted octanol–water partition coefficient (Wildman–Crippen LogP) is 3.02.